The van der Waals surface area contributed by atoms with Crippen LogP contribution in [0.5, 0.6) is 0 Å². The molecule has 0 aliphatic carbocycles. The molecule has 0 saturated carbocycles. The second kappa shape index (κ2) is 8.51. The SMILES string of the molecule is C[C@@H](CC(=O)NCc1ccc(C(F)(F)F)cc1)NC(=O)c1ccccc1. The minimum Gasteiger partial charge on any atom is -0.352 e. The topological polar surface area (TPSA) is 58.2 Å². The molecule has 2 N–H and O–H groups in total. The van der Waals surface area contributed by atoms with Crippen molar-refractivity contribution in [2.24, 2.45) is 0 Å². The lowest BCUT2D eigenvalue weighted by molar-refractivity contribution is -0.137. The third-order valence-corrected chi connectivity index (χ3v) is 3.68. The van der Waals surface area contributed by atoms with E-state index < -0.39 is 11.7 Å². The average molecular weight is 364 g/mol. The number of carbonyl (C=O) groups excluding carboxylic acids is 2. The van der Waals surface area contributed by atoms with E-state index in [-0.39, 0.29) is 30.8 Å². The molecule has 0 saturated heterocycles. The highest BCUT2D eigenvalue weighted by molar-refractivity contribution is 5.94. The summed E-state index contributed by atoms with van der Waals surface area (Å²) < 4.78 is 37.5. The number of hydrogen-bond donors (Lipinski definition) is 2. The Labute approximate surface area is 149 Å². The van der Waals surface area contributed by atoms with Gasteiger partial charge in [0.05, 0.1) is 5.56 Å². The number of carbonyl (C=O) groups is 2. The number of amides is 2. The van der Waals surface area contributed by atoms with Gasteiger partial charge < -0.3 is 10.6 Å². The van der Waals surface area contributed by atoms with Crippen molar-refractivity contribution in [3.8, 4) is 0 Å². The number of halogens is 3. The predicted octanol–water partition coefficient (Wildman–Crippen LogP) is 3.53. The Bertz CT molecular complexity index is 744. The van der Waals surface area contributed by atoms with Crippen LogP contribution in [0, 0.1) is 0 Å². The van der Waals surface area contributed by atoms with Gasteiger partial charge in [0.15, 0.2) is 0 Å². The van der Waals surface area contributed by atoms with Crippen LogP contribution in [-0.4, -0.2) is 17.9 Å². The normalized spacial score (nSPS) is 12.3. The lowest BCUT2D eigenvalue weighted by atomic mass is 10.1. The molecule has 0 bridgehead atoms. The molecule has 0 unspecified atom stereocenters. The van der Waals surface area contributed by atoms with Crippen LogP contribution in [0.1, 0.15) is 34.8 Å². The number of hydrogen-bond acceptors (Lipinski definition) is 2. The zero-order valence-electron chi connectivity index (χ0n) is 14.1. The molecule has 7 heteroatoms. The van der Waals surface area contributed by atoms with Crippen molar-refractivity contribution in [3.05, 3.63) is 71.3 Å². The summed E-state index contributed by atoms with van der Waals surface area (Å²) in [6.45, 7) is 1.83. The Balaban J connectivity index is 1.78. The largest absolute Gasteiger partial charge is 0.416 e. The standard InChI is InChI=1S/C19H19F3N2O2/c1-13(24-18(26)15-5-3-2-4-6-15)11-17(25)23-12-14-7-9-16(10-8-14)19(20,21)22/h2-10,13H,11-12H2,1H3,(H,23,25)(H,24,26)/t13-/m0/s1. The van der Waals surface area contributed by atoms with Gasteiger partial charge in [0.25, 0.3) is 5.91 Å². The molecule has 0 aliphatic heterocycles. The zero-order chi connectivity index (χ0) is 19.2. The monoisotopic (exact) mass is 364 g/mol. The fourth-order valence-corrected chi connectivity index (χ4v) is 2.31. The molecule has 0 heterocycles. The van der Waals surface area contributed by atoms with Crippen molar-refractivity contribution in [1.29, 1.82) is 0 Å². The van der Waals surface area contributed by atoms with Gasteiger partial charge in [-0.2, -0.15) is 13.2 Å². The highest BCUT2D eigenvalue weighted by Gasteiger charge is 2.29. The molecule has 1 atom stereocenters. The van der Waals surface area contributed by atoms with Crippen molar-refractivity contribution in [2.75, 3.05) is 0 Å². The summed E-state index contributed by atoms with van der Waals surface area (Å²) >= 11 is 0. The molecular weight excluding hydrogens is 345 g/mol. The molecule has 0 aliphatic rings. The van der Waals surface area contributed by atoms with E-state index in [1.165, 1.54) is 12.1 Å². The summed E-state index contributed by atoms with van der Waals surface area (Å²) in [5, 5.41) is 5.35. The maximum atomic E-state index is 12.5. The first-order valence-electron chi connectivity index (χ1n) is 8.04. The van der Waals surface area contributed by atoms with Gasteiger partial charge in [0.1, 0.15) is 0 Å². The third kappa shape index (κ3) is 5.91. The van der Waals surface area contributed by atoms with E-state index in [0.717, 1.165) is 12.1 Å². The predicted molar refractivity (Wildman–Crippen MR) is 91.3 cm³/mol. The van der Waals surface area contributed by atoms with Crippen molar-refractivity contribution in [1.82, 2.24) is 10.6 Å². The van der Waals surface area contributed by atoms with Crippen LogP contribution in [0.3, 0.4) is 0 Å². The Morgan fingerprint density at radius 1 is 1.00 bits per heavy atom. The number of rotatable bonds is 6. The quantitative estimate of drug-likeness (QED) is 0.824. The first kappa shape index (κ1) is 19.5. The first-order chi connectivity index (χ1) is 12.3. The molecular formula is C19H19F3N2O2. The van der Waals surface area contributed by atoms with Gasteiger partial charge in [-0.25, -0.2) is 0 Å². The molecule has 138 valence electrons. The van der Waals surface area contributed by atoms with Gasteiger partial charge in [-0.15, -0.1) is 0 Å². The van der Waals surface area contributed by atoms with Crippen LogP contribution in [0.15, 0.2) is 54.6 Å². The second-order valence-corrected chi connectivity index (χ2v) is 5.92. The fraction of sp³-hybridized carbons (Fsp3) is 0.263. The summed E-state index contributed by atoms with van der Waals surface area (Å²) in [6, 6.07) is 12.9. The molecule has 2 aromatic carbocycles. The van der Waals surface area contributed by atoms with Gasteiger partial charge in [0, 0.05) is 24.6 Å². The van der Waals surface area contributed by atoms with Crippen LogP contribution >= 0.6 is 0 Å². The molecule has 0 aromatic heterocycles. The lowest BCUT2D eigenvalue weighted by Crippen LogP contribution is -2.37. The van der Waals surface area contributed by atoms with E-state index in [4.69, 9.17) is 0 Å². The molecule has 2 amide bonds. The Morgan fingerprint density at radius 2 is 1.62 bits per heavy atom. The van der Waals surface area contributed by atoms with Gasteiger partial charge in [-0.1, -0.05) is 30.3 Å². The van der Waals surface area contributed by atoms with Crippen molar-refractivity contribution < 1.29 is 22.8 Å². The Hall–Kier alpha value is -2.83. The average Bonchev–Trinajstić information content (AvgIpc) is 2.60. The van der Waals surface area contributed by atoms with Gasteiger partial charge >= 0.3 is 6.18 Å². The van der Waals surface area contributed by atoms with E-state index >= 15 is 0 Å². The van der Waals surface area contributed by atoms with Crippen molar-refractivity contribution in [2.45, 2.75) is 32.1 Å². The molecule has 2 aromatic rings. The van der Waals surface area contributed by atoms with E-state index in [1.807, 2.05) is 0 Å². The van der Waals surface area contributed by atoms with Crippen LogP contribution in [0.4, 0.5) is 13.2 Å². The minimum atomic E-state index is -4.38. The molecule has 4 nitrogen and oxygen atoms in total. The summed E-state index contributed by atoms with van der Waals surface area (Å²) in [4.78, 5) is 23.9. The second-order valence-electron chi connectivity index (χ2n) is 5.92. The van der Waals surface area contributed by atoms with Gasteiger partial charge in [-0.05, 0) is 36.8 Å². The van der Waals surface area contributed by atoms with Gasteiger partial charge in [-0.3, -0.25) is 9.59 Å². The third-order valence-electron chi connectivity index (χ3n) is 3.68. The summed E-state index contributed by atoms with van der Waals surface area (Å²) in [6.07, 6.45) is -4.31. The first-order valence-corrected chi connectivity index (χ1v) is 8.04. The van der Waals surface area contributed by atoms with E-state index in [9.17, 15) is 22.8 Å². The summed E-state index contributed by atoms with van der Waals surface area (Å²) in [5.74, 6) is -0.570. The van der Waals surface area contributed by atoms with Crippen LogP contribution in [0.2, 0.25) is 0 Å². The smallest absolute Gasteiger partial charge is 0.352 e. The van der Waals surface area contributed by atoms with E-state index in [1.54, 1.807) is 37.3 Å². The minimum absolute atomic E-state index is 0.0687. The maximum absolute atomic E-state index is 12.5. The van der Waals surface area contributed by atoms with Crippen molar-refractivity contribution in [3.63, 3.8) is 0 Å². The Morgan fingerprint density at radius 3 is 2.19 bits per heavy atom. The molecule has 0 radical (unpaired) electrons. The van der Waals surface area contributed by atoms with Crippen LogP contribution < -0.4 is 10.6 Å². The maximum Gasteiger partial charge on any atom is 0.416 e. The molecule has 26 heavy (non-hydrogen) atoms. The molecule has 0 fully saturated rings. The van der Waals surface area contributed by atoms with Crippen LogP contribution in [0.25, 0.3) is 0 Å². The zero-order valence-corrected chi connectivity index (χ0v) is 14.1. The van der Waals surface area contributed by atoms with E-state index in [0.29, 0.717) is 11.1 Å². The number of benzene rings is 2. The summed E-state index contributed by atoms with van der Waals surface area (Å²) in [5.41, 5.74) is 0.335. The Kier molecular flexibility index (Phi) is 6.38. The van der Waals surface area contributed by atoms with Crippen molar-refractivity contribution >= 4 is 11.8 Å². The highest BCUT2D eigenvalue weighted by Crippen LogP contribution is 2.29. The number of nitrogens with one attached hydrogen (secondary N) is 2. The fourth-order valence-electron chi connectivity index (χ4n) is 2.31. The summed E-state index contributed by atoms with van der Waals surface area (Å²) in [7, 11) is 0. The van der Waals surface area contributed by atoms with Crippen LogP contribution in [-0.2, 0) is 17.5 Å². The van der Waals surface area contributed by atoms with Gasteiger partial charge in [0.2, 0.25) is 5.91 Å². The highest BCUT2D eigenvalue weighted by atomic mass is 19.4. The van der Waals surface area contributed by atoms with E-state index in [2.05, 4.69) is 10.6 Å². The molecule has 0 spiro atoms. The number of alkyl halides is 3. The molecule has 2 rings (SSSR count). The lowest BCUT2D eigenvalue weighted by Gasteiger charge is -2.14.